The van der Waals surface area contributed by atoms with Crippen molar-refractivity contribution in [3.05, 3.63) is 168 Å². The Morgan fingerprint density at radius 2 is 1.29 bits per heavy atom. The van der Waals surface area contributed by atoms with Crippen LogP contribution in [0.3, 0.4) is 0 Å². The number of fused-ring (bicyclic) bond motifs is 4. The van der Waals surface area contributed by atoms with E-state index in [-0.39, 0.29) is 32.2 Å². The largest absolute Gasteiger partial charge is 0.507 e. The van der Waals surface area contributed by atoms with E-state index in [1.165, 1.54) is 16.7 Å². The van der Waals surface area contributed by atoms with Crippen LogP contribution >= 0.6 is 0 Å². The molecule has 0 saturated heterocycles. The summed E-state index contributed by atoms with van der Waals surface area (Å²) in [5, 5.41) is 12.1. The first-order chi connectivity index (χ1) is 24.8. The Labute approximate surface area is 318 Å². The average molecular weight is 854 g/mol. The van der Waals surface area contributed by atoms with Gasteiger partial charge in [0.05, 0.1) is 5.69 Å². The van der Waals surface area contributed by atoms with E-state index in [0.29, 0.717) is 11.3 Å². The zero-order valence-electron chi connectivity index (χ0n) is 29.4. The van der Waals surface area contributed by atoms with E-state index in [4.69, 9.17) is 9.97 Å². The van der Waals surface area contributed by atoms with Crippen LogP contribution in [0, 0.1) is 19.9 Å². The minimum Gasteiger partial charge on any atom is -0.507 e. The Balaban J connectivity index is 0.00000387. The molecule has 256 valence electrons. The van der Waals surface area contributed by atoms with E-state index >= 15 is 0 Å². The molecule has 5 aromatic carbocycles. The Hall–Kier alpha value is -5.57. The average Bonchev–Trinajstić information content (AvgIpc) is 3.65. The van der Waals surface area contributed by atoms with E-state index < -0.39 is 0 Å². The van der Waals surface area contributed by atoms with Gasteiger partial charge < -0.3 is 9.51 Å². The number of phenolic OH excluding ortho intramolecular Hbond substituents is 1. The minimum atomic E-state index is -0.216. The molecule has 52 heavy (non-hydrogen) atoms. The Morgan fingerprint density at radius 1 is 0.596 bits per heavy atom. The zero-order valence-corrected chi connectivity index (χ0v) is 31.7. The van der Waals surface area contributed by atoms with E-state index in [1.54, 1.807) is 0 Å². The summed E-state index contributed by atoms with van der Waals surface area (Å²) >= 11 is 0. The maximum atomic E-state index is 12.1. The second-order valence-corrected chi connectivity index (χ2v) is 14.0. The number of rotatable bonds is 5. The molecule has 0 unspecified atom stereocenters. The molecule has 1 aliphatic rings. The van der Waals surface area contributed by atoms with Gasteiger partial charge in [0.15, 0.2) is 0 Å². The Morgan fingerprint density at radius 3 is 2.10 bits per heavy atom. The maximum Gasteiger partial charge on any atom is 0.133 e. The van der Waals surface area contributed by atoms with Crippen molar-refractivity contribution in [2.24, 2.45) is 0 Å². The standard InChI is InChI=1S/C47H36N3O.Pt/c1-29-14-12-15-30(2)42(29)34-27-39(48-40(28-34)36-23-24-38-43(46(36)51)35-20-8-9-21-37(35)47(38,3)4)32-18-13-19-33(26-32)44-45(31-16-6-5-7-17-31)50-25-11-10-22-41(50)49-44;/h5-25,27-28,51H,1-4H3;/q-1;. The molecule has 3 heterocycles. The van der Waals surface area contributed by atoms with Crippen LogP contribution in [0.25, 0.3) is 72.9 Å². The number of hydrogen-bond acceptors (Lipinski definition) is 3. The van der Waals surface area contributed by atoms with E-state index in [2.05, 4.69) is 141 Å². The van der Waals surface area contributed by atoms with E-state index in [0.717, 1.165) is 67.2 Å². The molecule has 0 radical (unpaired) electrons. The van der Waals surface area contributed by atoms with Crippen molar-refractivity contribution in [3.8, 4) is 73.0 Å². The molecule has 4 nitrogen and oxygen atoms in total. The van der Waals surface area contributed by atoms with Crippen LogP contribution in [0.15, 0.2) is 140 Å². The summed E-state index contributed by atoms with van der Waals surface area (Å²) in [5.41, 5.74) is 16.4. The molecule has 3 aromatic heterocycles. The van der Waals surface area contributed by atoms with Crippen molar-refractivity contribution in [2.75, 3.05) is 0 Å². The first-order valence-corrected chi connectivity index (χ1v) is 17.4. The number of aromatic hydroxyl groups is 1. The fourth-order valence-corrected chi connectivity index (χ4v) is 8.02. The van der Waals surface area contributed by atoms with Gasteiger partial charge in [-0.05, 0) is 82.6 Å². The molecule has 8 aromatic rings. The van der Waals surface area contributed by atoms with E-state index in [1.807, 2.05) is 36.4 Å². The van der Waals surface area contributed by atoms with Crippen molar-refractivity contribution >= 4 is 5.65 Å². The van der Waals surface area contributed by atoms with Gasteiger partial charge in [0.1, 0.15) is 11.4 Å². The van der Waals surface area contributed by atoms with Crippen LogP contribution in [0.1, 0.15) is 36.1 Å². The number of phenols is 1. The van der Waals surface area contributed by atoms with Gasteiger partial charge in [-0.15, -0.1) is 24.3 Å². The van der Waals surface area contributed by atoms with Crippen molar-refractivity contribution in [3.63, 3.8) is 0 Å². The number of nitrogens with zero attached hydrogens (tertiary/aromatic N) is 3. The molecule has 9 rings (SSSR count). The number of pyridine rings is 2. The van der Waals surface area contributed by atoms with Crippen molar-refractivity contribution in [1.29, 1.82) is 0 Å². The summed E-state index contributed by atoms with van der Waals surface area (Å²) in [4.78, 5) is 10.4. The van der Waals surface area contributed by atoms with Crippen molar-refractivity contribution in [1.82, 2.24) is 14.4 Å². The molecule has 0 saturated carbocycles. The van der Waals surface area contributed by atoms with E-state index in [9.17, 15) is 5.11 Å². The summed E-state index contributed by atoms with van der Waals surface area (Å²) in [6.45, 7) is 8.75. The van der Waals surface area contributed by atoms with Gasteiger partial charge in [0.2, 0.25) is 0 Å². The molecule has 5 heteroatoms. The molecule has 1 N–H and O–H groups in total. The predicted octanol–water partition coefficient (Wildman–Crippen LogP) is 11.5. The van der Waals surface area contributed by atoms with Gasteiger partial charge in [-0.25, -0.2) is 0 Å². The summed E-state index contributed by atoms with van der Waals surface area (Å²) in [6.07, 6.45) is 2.06. The number of aryl methyl sites for hydroxylation is 2. The summed E-state index contributed by atoms with van der Waals surface area (Å²) < 4.78 is 2.14. The summed E-state index contributed by atoms with van der Waals surface area (Å²) in [5.74, 6) is 0.262. The summed E-state index contributed by atoms with van der Waals surface area (Å²) in [6, 6.07) is 49.6. The molecule has 0 bridgehead atoms. The Kier molecular flexibility index (Phi) is 8.32. The predicted molar refractivity (Wildman–Crippen MR) is 208 cm³/mol. The fourth-order valence-electron chi connectivity index (χ4n) is 8.02. The first-order valence-electron chi connectivity index (χ1n) is 17.4. The third-order valence-corrected chi connectivity index (χ3v) is 10.5. The molecular weight excluding hydrogens is 818 g/mol. The summed E-state index contributed by atoms with van der Waals surface area (Å²) in [7, 11) is 0. The minimum absolute atomic E-state index is 0. The molecule has 0 spiro atoms. The normalized spacial score (nSPS) is 12.7. The fraction of sp³-hybridized carbons (Fsp3) is 0.106. The Bertz CT molecular complexity index is 2640. The third-order valence-electron chi connectivity index (χ3n) is 10.5. The second kappa shape index (κ2) is 12.9. The van der Waals surface area contributed by atoms with Gasteiger partial charge in [-0.1, -0.05) is 116 Å². The molecule has 0 aliphatic heterocycles. The number of hydrogen-bond donors (Lipinski definition) is 1. The molecule has 0 amide bonds. The van der Waals surface area contributed by atoms with Gasteiger partial charge in [0.25, 0.3) is 0 Å². The van der Waals surface area contributed by atoms with Crippen LogP contribution < -0.4 is 0 Å². The monoisotopic (exact) mass is 853 g/mol. The molecule has 0 fully saturated rings. The molecule has 0 atom stereocenters. The van der Waals surface area contributed by atoms with Gasteiger partial charge in [-0.2, -0.15) is 0 Å². The number of aromatic nitrogens is 3. The zero-order chi connectivity index (χ0) is 34.9. The van der Waals surface area contributed by atoms with Gasteiger partial charge in [0, 0.05) is 60.9 Å². The topological polar surface area (TPSA) is 50.4 Å². The van der Waals surface area contributed by atoms with Crippen molar-refractivity contribution < 1.29 is 26.2 Å². The van der Waals surface area contributed by atoms with Crippen LogP contribution in [-0.4, -0.2) is 19.5 Å². The van der Waals surface area contributed by atoms with Crippen LogP contribution in [0.5, 0.6) is 5.75 Å². The second-order valence-electron chi connectivity index (χ2n) is 14.0. The first kappa shape index (κ1) is 33.6. The number of benzene rings is 5. The number of imidazole rings is 1. The molecule has 1 aliphatic carbocycles. The third kappa shape index (κ3) is 5.33. The smallest absolute Gasteiger partial charge is 0.133 e. The van der Waals surface area contributed by atoms with Crippen molar-refractivity contribution in [2.45, 2.75) is 33.1 Å². The van der Waals surface area contributed by atoms with Gasteiger partial charge in [-0.3, -0.25) is 9.97 Å². The van der Waals surface area contributed by atoms with Crippen LogP contribution in [0.4, 0.5) is 0 Å². The van der Waals surface area contributed by atoms with Gasteiger partial charge >= 0.3 is 0 Å². The van der Waals surface area contributed by atoms with Crippen LogP contribution in [-0.2, 0) is 26.5 Å². The van der Waals surface area contributed by atoms with Crippen LogP contribution in [0.2, 0.25) is 0 Å². The SMILES string of the molecule is Cc1cccc(C)c1-c1cc(-c2[c-]c(-c3nc4ccccn4c3-c3ccccc3)ccc2)nc(-c2ccc3c(c2O)-c2ccccc2C3(C)C)c1.[Pt]. The quantitative estimate of drug-likeness (QED) is 0.176. The maximum absolute atomic E-state index is 12.1. The molecular formula is C47H36N3OPt-.